The van der Waals surface area contributed by atoms with Gasteiger partial charge in [0.25, 0.3) is 5.91 Å². The first-order chi connectivity index (χ1) is 12.9. The maximum absolute atomic E-state index is 13.0. The van der Waals surface area contributed by atoms with E-state index in [1.165, 1.54) is 17.0 Å². The van der Waals surface area contributed by atoms with Crippen LogP contribution in [0.3, 0.4) is 0 Å². The maximum atomic E-state index is 13.0. The van der Waals surface area contributed by atoms with Gasteiger partial charge in [-0.1, -0.05) is 6.07 Å². The van der Waals surface area contributed by atoms with E-state index in [1.807, 2.05) is 13.8 Å². The lowest BCUT2D eigenvalue weighted by Gasteiger charge is -2.30. The number of aromatic carboxylic acids is 1. The summed E-state index contributed by atoms with van der Waals surface area (Å²) in [6.45, 7) is 9.42. The van der Waals surface area contributed by atoms with Crippen molar-refractivity contribution in [2.24, 2.45) is 0 Å². The second kappa shape index (κ2) is 8.08. The van der Waals surface area contributed by atoms with Gasteiger partial charge in [-0.3, -0.25) is 4.79 Å². The Labute approximate surface area is 165 Å². The van der Waals surface area contributed by atoms with Gasteiger partial charge in [-0.05, 0) is 46.8 Å². The molecule has 0 fully saturated rings. The molecule has 1 N–H and O–H groups in total. The van der Waals surface area contributed by atoms with Crippen molar-refractivity contribution in [3.05, 3.63) is 29.3 Å². The molecule has 1 aromatic rings. The first-order valence-electron chi connectivity index (χ1n) is 9.18. The van der Waals surface area contributed by atoms with Crippen LogP contribution < -0.4 is 4.74 Å². The molecule has 0 aliphatic carbocycles. The fourth-order valence-electron chi connectivity index (χ4n) is 2.92. The number of likely N-dealkylation sites (N-methyl/N-ethyl adjacent to an activating group) is 1. The van der Waals surface area contributed by atoms with Crippen LogP contribution in [0, 0.1) is 0 Å². The molecule has 8 heteroatoms. The average Bonchev–Trinajstić information content (AvgIpc) is 2.70. The summed E-state index contributed by atoms with van der Waals surface area (Å²) < 4.78 is 11.3. The van der Waals surface area contributed by atoms with Crippen molar-refractivity contribution < 1.29 is 29.0 Å². The van der Waals surface area contributed by atoms with Crippen LogP contribution in [0.2, 0.25) is 0 Å². The Hall–Kier alpha value is -2.77. The van der Waals surface area contributed by atoms with Crippen LogP contribution >= 0.6 is 0 Å². The molecule has 0 aromatic heterocycles. The second-order valence-corrected chi connectivity index (χ2v) is 8.14. The first kappa shape index (κ1) is 21.5. The minimum absolute atomic E-state index is 0.0331. The summed E-state index contributed by atoms with van der Waals surface area (Å²) in [6, 6.07) is 4.35. The van der Waals surface area contributed by atoms with Crippen LogP contribution in [-0.4, -0.2) is 70.8 Å². The van der Waals surface area contributed by atoms with Gasteiger partial charge in [0.05, 0.1) is 18.7 Å². The van der Waals surface area contributed by atoms with Crippen LogP contribution in [0.25, 0.3) is 0 Å². The van der Waals surface area contributed by atoms with Gasteiger partial charge in [0.1, 0.15) is 23.0 Å². The maximum Gasteiger partial charge on any atom is 0.410 e. The summed E-state index contributed by atoms with van der Waals surface area (Å²) in [5.74, 6) is -1.44. The van der Waals surface area contributed by atoms with Crippen molar-refractivity contribution in [2.45, 2.75) is 52.4 Å². The highest BCUT2D eigenvalue weighted by atomic mass is 16.6. The summed E-state index contributed by atoms with van der Waals surface area (Å²) in [6.07, 6.45) is -1.12. The number of carboxylic acid groups (broad SMARTS) is 1. The Balaban J connectivity index is 2.35. The standard InChI is InChI=1S/C20H28N2O6/c1-12(2)22-11-13(10-21(6)19(26)28-20(3,4)5)27-16-14(17(22)23)8-7-9-15(16)18(24)25/h7-9,12-13H,10-11H2,1-6H3,(H,24,25)/t13-/m1/s1. The summed E-state index contributed by atoms with van der Waals surface area (Å²) in [4.78, 5) is 39.8. The third-order valence-electron chi connectivity index (χ3n) is 4.23. The zero-order valence-corrected chi connectivity index (χ0v) is 17.2. The van der Waals surface area contributed by atoms with Gasteiger partial charge in [-0.25, -0.2) is 9.59 Å². The molecule has 0 saturated heterocycles. The summed E-state index contributed by atoms with van der Waals surface area (Å²) in [5.41, 5.74) is -0.518. The fourth-order valence-corrected chi connectivity index (χ4v) is 2.92. The lowest BCUT2D eigenvalue weighted by molar-refractivity contribution is 0.0199. The number of rotatable bonds is 4. The van der Waals surface area contributed by atoms with Crippen LogP contribution in [0.4, 0.5) is 4.79 Å². The highest BCUT2D eigenvalue weighted by Gasteiger charge is 2.34. The second-order valence-electron chi connectivity index (χ2n) is 8.14. The summed E-state index contributed by atoms with van der Waals surface area (Å²) in [7, 11) is 1.58. The third-order valence-corrected chi connectivity index (χ3v) is 4.23. The quantitative estimate of drug-likeness (QED) is 0.846. The topological polar surface area (TPSA) is 96.4 Å². The molecule has 0 radical (unpaired) electrons. The minimum Gasteiger partial charge on any atom is -0.485 e. The smallest absolute Gasteiger partial charge is 0.410 e. The van der Waals surface area contributed by atoms with E-state index in [-0.39, 0.29) is 41.9 Å². The van der Waals surface area contributed by atoms with Gasteiger partial charge in [0, 0.05) is 13.1 Å². The van der Waals surface area contributed by atoms with Gasteiger partial charge >= 0.3 is 12.1 Å². The molecule has 0 saturated carbocycles. The molecule has 0 unspecified atom stereocenters. The predicted octanol–water partition coefficient (Wildman–Crippen LogP) is 2.86. The Kier molecular flexibility index (Phi) is 6.21. The van der Waals surface area contributed by atoms with E-state index in [1.54, 1.807) is 38.8 Å². The number of para-hydroxylation sites is 1. The number of amides is 2. The Morgan fingerprint density at radius 2 is 2.00 bits per heavy atom. The molecule has 28 heavy (non-hydrogen) atoms. The third kappa shape index (κ3) is 4.94. The molecular formula is C20H28N2O6. The van der Waals surface area contributed by atoms with E-state index >= 15 is 0 Å². The number of hydrogen-bond donors (Lipinski definition) is 1. The number of hydrogen-bond acceptors (Lipinski definition) is 5. The molecule has 8 nitrogen and oxygen atoms in total. The predicted molar refractivity (Wildman–Crippen MR) is 103 cm³/mol. The molecule has 0 bridgehead atoms. The number of nitrogens with zero attached hydrogens (tertiary/aromatic N) is 2. The lowest BCUT2D eigenvalue weighted by Crippen LogP contribution is -2.47. The summed E-state index contributed by atoms with van der Waals surface area (Å²) in [5, 5.41) is 9.49. The van der Waals surface area contributed by atoms with E-state index in [4.69, 9.17) is 9.47 Å². The van der Waals surface area contributed by atoms with E-state index < -0.39 is 23.8 Å². The normalized spacial score (nSPS) is 16.9. The van der Waals surface area contributed by atoms with Crippen molar-refractivity contribution in [1.29, 1.82) is 0 Å². The molecule has 154 valence electrons. The molecule has 0 spiro atoms. The largest absolute Gasteiger partial charge is 0.485 e. The minimum atomic E-state index is -1.18. The van der Waals surface area contributed by atoms with Crippen molar-refractivity contribution in [3.8, 4) is 5.75 Å². The Morgan fingerprint density at radius 3 is 2.54 bits per heavy atom. The van der Waals surface area contributed by atoms with E-state index in [9.17, 15) is 19.5 Å². The van der Waals surface area contributed by atoms with Crippen molar-refractivity contribution in [2.75, 3.05) is 20.1 Å². The van der Waals surface area contributed by atoms with Crippen molar-refractivity contribution in [1.82, 2.24) is 9.80 Å². The number of carbonyl (C=O) groups is 3. The van der Waals surface area contributed by atoms with Gasteiger partial charge in [0.2, 0.25) is 0 Å². The van der Waals surface area contributed by atoms with Gasteiger partial charge in [-0.2, -0.15) is 0 Å². The van der Waals surface area contributed by atoms with Crippen LogP contribution in [0.15, 0.2) is 18.2 Å². The number of carbonyl (C=O) groups excluding carboxylic acids is 2. The molecule has 2 rings (SSSR count). The van der Waals surface area contributed by atoms with Crippen LogP contribution in [-0.2, 0) is 4.74 Å². The highest BCUT2D eigenvalue weighted by Crippen LogP contribution is 2.30. The Morgan fingerprint density at radius 1 is 1.36 bits per heavy atom. The van der Waals surface area contributed by atoms with E-state index in [0.29, 0.717) is 0 Å². The lowest BCUT2D eigenvalue weighted by atomic mass is 10.1. The van der Waals surface area contributed by atoms with Crippen molar-refractivity contribution in [3.63, 3.8) is 0 Å². The average molecular weight is 392 g/mol. The first-order valence-corrected chi connectivity index (χ1v) is 9.18. The molecule has 1 aliphatic rings. The van der Waals surface area contributed by atoms with Crippen LogP contribution in [0.1, 0.15) is 55.3 Å². The molecule has 1 aromatic carbocycles. The van der Waals surface area contributed by atoms with E-state index in [0.717, 1.165) is 0 Å². The van der Waals surface area contributed by atoms with Crippen molar-refractivity contribution >= 4 is 18.0 Å². The van der Waals surface area contributed by atoms with Crippen LogP contribution in [0.5, 0.6) is 5.75 Å². The van der Waals surface area contributed by atoms with Gasteiger partial charge < -0.3 is 24.4 Å². The molecular weight excluding hydrogens is 364 g/mol. The van der Waals surface area contributed by atoms with E-state index in [2.05, 4.69) is 0 Å². The van der Waals surface area contributed by atoms with Gasteiger partial charge in [-0.15, -0.1) is 0 Å². The number of ether oxygens (including phenoxy) is 2. The zero-order valence-electron chi connectivity index (χ0n) is 17.2. The molecule has 1 atom stereocenters. The molecule has 1 heterocycles. The zero-order chi connectivity index (χ0) is 21.2. The molecule has 2 amide bonds. The Bertz CT molecular complexity index is 768. The number of benzene rings is 1. The van der Waals surface area contributed by atoms with Gasteiger partial charge in [0.15, 0.2) is 0 Å². The molecule has 1 aliphatic heterocycles. The monoisotopic (exact) mass is 392 g/mol. The highest BCUT2D eigenvalue weighted by molar-refractivity contribution is 6.02. The fraction of sp³-hybridized carbons (Fsp3) is 0.550. The number of fused-ring (bicyclic) bond motifs is 1. The SMILES string of the molecule is CC(C)N1C[C@@H](CN(C)C(=O)OC(C)(C)C)Oc2c(C(=O)O)cccc2C1=O. The summed E-state index contributed by atoms with van der Waals surface area (Å²) >= 11 is 0. The number of carboxylic acids is 1.